The van der Waals surface area contributed by atoms with Crippen molar-refractivity contribution in [3.63, 3.8) is 0 Å². The predicted octanol–water partition coefficient (Wildman–Crippen LogP) is 2.09. The largest absolute Gasteiger partial charge is 0.394 e. The summed E-state index contributed by atoms with van der Waals surface area (Å²) in [5.41, 5.74) is 1.07. The molecule has 0 bridgehead atoms. The molecule has 3 heterocycles. The van der Waals surface area contributed by atoms with Gasteiger partial charge in [0.25, 0.3) is 0 Å². The summed E-state index contributed by atoms with van der Waals surface area (Å²) in [6.45, 7) is 3.97. The fourth-order valence-corrected chi connectivity index (χ4v) is 3.67. The summed E-state index contributed by atoms with van der Waals surface area (Å²) in [5, 5.41) is 12.8. The van der Waals surface area contributed by atoms with E-state index in [2.05, 4.69) is 37.1 Å². The van der Waals surface area contributed by atoms with Crippen LogP contribution in [-0.2, 0) is 13.0 Å². The number of rotatable bonds is 6. The van der Waals surface area contributed by atoms with E-state index in [-0.39, 0.29) is 12.6 Å². The molecule has 0 unspecified atom stereocenters. The molecule has 0 saturated carbocycles. The van der Waals surface area contributed by atoms with Crippen LogP contribution in [0, 0.1) is 0 Å². The molecule has 6 nitrogen and oxygen atoms in total. The maximum absolute atomic E-state index is 9.49. The maximum Gasteiger partial charge on any atom is 0.134 e. The summed E-state index contributed by atoms with van der Waals surface area (Å²) in [4.78, 5) is 17.6. The highest BCUT2D eigenvalue weighted by molar-refractivity contribution is 7.09. The lowest BCUT2D eigenvalue weighted by atomic mass is 10.2. The molecular formula is C16H23N5OS. The summed E-state index contributed by atoms with van der Waals surface area (Å²) in [6, 6.07) is 2.18. The third kappa shape index (κ3) is 3.61. The van der Waals surface area contributed by atoms with E-state index in [0.29, 0.717) is 0 Å². The van der Waals surface area contributed by atoms with Gasteiger partial charge >= 0.3 is 0 Å². The monoisotopic (exact) mass is 333 g/mol. The predicted molar refractivity (Wildman–Crippen MR) is 93.1 cm³/mol. The number of aliphatic hydroxyl groups excluding tert-OH is 1. The number of aryl methyl sites for hydroxylation is 1. The minimum absolute atomic E-state index is 0.174. The fraction of sp³-hybridized carbons (Fsp3) is 0.562. The van der Waals surface area contributed by atoms with Crippen molar-refractivity contribution in [1.29, 1.82) is 0 Å². The molecule has 2 aromatic heterocycles. The molecule has 7 heteroatoms. The SMILES string of the molecule is CCc1nc(CN(C)c2cc(N3CCC[C@@H]3CO)ncn2)cs1. The van der Waals surface area contributed by atoms with Gasteiger partial charge in [-0.05, 0) is 19.3 Å². The maximum atomic E-state index is 9.49. The van der Waals surface area contributed by atoms with Crippen molar-refractivity contribution in [3.8, 4) is 0 Å². The molecule has 0 aliphatic carbocycles. The van der Waals surface area contributed by atoms with Crippen LogP contribution in [0.25, 0.3) is 0 Å². The Morgan fingerprint density at radius 1 is 1.43 bits per heavy atom. The van der Waals surface area contributed by atoms with Crippen LogP contribution in [0.15, 0.2) is 17.8 Å². The van der Waals surface area contributed by atoms with Crippen LogP contribution in [0.1, 0.15) is 30.5 Å². The summed E-state index contributed by atoms with van der Waals surface area (Å²) in [7, 11) is 2.02. The van der Waals surface area contributed by atoms with Crippen molar-refractivity contribution in [2.45, 2.75) is 38.8 Å². The van der Waals surface area contributed by atoms with Gasteiger partial charge in [0, 0.05) is 25.0 Å². The second-order valence-electron chi connectivity index (χ2n) is 5.85. The van der Waals surface area contributed by atoms with Gasteiger partial charge in [0.1, 0.15) is 18.0 Å². The topological polar surface area (TPSA) is 65.4 Å². The highest BCUT2D eigenvalue weighted by atomic mass is 32.1. The molecule has 1 atom stereocenters. The van der Waals surface area contributed by atoms with Gasteiger partial charge in [0.05, 0.1) is 29.9 Å². The quantitative estimate of drug-likeness (QED) is 0.873. The van der Waals surface area contributed by atoms with Gasteiger partial charge in [0.15, 0.2) is 0 Å². The molecule has 1 aliphatic heterocycles. The zero-order chi connectivity index (χ0) is 16.2. The summed E-state index contributed by atoms with van der Waals surface area (Å²) < 4.78 is 0. The minimum Gasteiger partial charge on any atom is -0.394 e. The van der Waals surface area contributed by atoms with Crippen molar-refractivity contribution >= 4 is 23.0 Å². The smallest absolute Gasteiger partial charge is 0.134 e. The molecule has 1 N–H and O–H groups in total. The number of hydrogen-bond acceptors (Lipinski definition) is 7. The van der Waals surface area contributed by atoms with Gasteiger partial charge in [-0.2, -0.15) is 0 Å². The summed E-state index contributed by atoms with van der Waals surface area (Å²) in [5.74, 6) is 1.77. The molecule has 0 spiro atoms. The van der Waals surface area contributed by atoms with Crippen molar-refractivity contribution < 1.29 is 5.11 Å². The Morgan fingerprint density at radius 2 is 2.30 bits per heavy atom. The Bertz CT molecular complexity index is 647. The Morgan fingerprint density at radius 3 is 3.04 bits per heavy atom. The van der Waals surface area contributed by atoms with Gasteiger partial charge in [-0.1, -0.05) is 6.92 Å². The highest BCUT2D eigenvalue weighted by Gasteiger charge is 2.25. The van der Waals surface area contributed by atoms with E-state index in [1.54, 1.807) is 17.7 Å². The molecule has 1 aliphatic rings. The summed E-state index contributed by atoms with van der Waals surface area (Å²) in [6.07, 6.45) is 4.69. The number of aliphatic hydroxyl groups is 1. The van der Waals surface area contributed by atoms with Gasteiger partial charge in [0.2, 0.25) is 0 Å². The van der Waals surface area contributed by atoms with E-state index in [0.717, 1.165) is 49.7 Å². The molecule has 0 radical (unpaired) electrons. The molecule has 3 rings (SSSR count). The van der Waals surface area contributed by atoms with Crippen LogP contribution in [0.2, 0.25) is 0 Å². The van der Waals surface area contributed by atoms with Crippen LogP contribution >= 0.6 is 11.3 Å². The third-order valence-electron chi connectivity index (χ3n) is 4.21. The van der Waals surface area contributed by atoms with Crippen LogP contribution in [0.3, 0.4) is 0 Å². The van der Waals surface area contributed by atoms with E-state index < -0.39 is 0 Å². The standard InChI is InChI=1S/C16H23N5OS/c1-3-16-19-12(10-23-16)8-20(2)14-7-15(18-11-17-14)21-6-4-5-13(21)9-22/h7,10-11,13,22H,3-6,8-9H2,1-2H3/t13-/m1/s1. The van der Waals surface area contributed by atoms with Gasteiger partial charge in [-0.25, -0.2) is 15.0 Å². The lowest BCUT2D eigenvalue weighted by molar-refractivity contribution is 0.266. The van der Waals surface area contributed by atoms with Gasteiger partial charge in [-0.3, -0.25) is 0 Å². The second-order valence-corrected chi connectivity index (χ2v) is 6.79. The molecule has 1 fully saturated rings. The minimum atomic E-state index is 0.174. The van der Waals surface area contributed by atoms with Gasteiger partial charge < -0.3 is 14.9 Å². The van der Waals surface area contributed by atoms with Gasteiger partial charge in [-0.15, -0.1) is 11.3 Å². The van der Waals surface area contributed by atoms with Crippen molar-refractivity contribution in [2.24, 2.45) is 0 Å². The normalized spacial score (nSPS) is 17.7. The highest BCUT2D eigenvalue weighted by Crippen LogP contribution is 2.26. The first-order chi connectivity index (χ1) is 11.2. The van der Waals surface area contributed by atoms with Crippen molar-refractivity contribution in [2.75, 3.05) is 30.0 Å². The Kier molecular flexibility index (Phi) is 5.07. The zero-order valence-electron chi connectivity index (χ0n) is 13.6. The molecule has 1 saturated heterocycles. The average Bonchev–Trinajstić information content (AvgIpc) is 3.23. The molecule has 23 heavy (non-hydrogen) atoms. The molecule has 124 valence electrons. The second kappa shape index (κ2) is 7.23. The molecular weight excluding hydrogens is 310 g/mol. The van der Waals surface area contributed by atoms with E-state index >= 15 is 0 Å². The first-order valence-corrected chi connectivity index (χ1v) is 8.93. The van der Waals surface area contributed by atoms with E-state index in [4.69, 9.17) is 0 Å². The third-order valence-corrected chi connectivity index (χ3v) is 5.25. The summed E-state index contributed by atoms with van der Waals surface area (Å²) >= 11 is 1.71. The van der Waals surface area contributed by atoms with E-state index in [1.807, 2.05) is 13.1 Å². The Balaban J connectivity index is 1.73. The number of aromatic nitrogens is 3. The van der Waals surface area contributed by atoms with Crippen LogP contribution in [0.5, 0.6) is 0 Å². The lowest BCUT2D eigenvalue weighted by Gasteiger charge is -2.25. The van der Waals surface area contributed by atoms with Crippen LogP contribution < -0.4 is 9.80 Å². The number of anilines is 2. The number of hydrogen-bond donors (Lipinski definition) is 1. The molecule has 0 amide bonds. The number of nitrogens with zero attached hydrogens (tertiary/aromatic N) is 5. The van der Waals surface area contributed by atoms with Crippen LogP contribution in [-0.4, -0.2) is 46.3 Å². The average molecular weight is 333 g/mol. The lowest BCUT2D eigenvalue weighted by Crippen LogP contribution is -2.33. The Labute approximate surface area is 140 Å². The van der Waals surface area contributed by atoms with Crippen molar-refractivity contribution in [3.05, 3.63) is 28.5 Å². The first-order valence-electron chi connectivity index (χ1n) is 8.05. The first kappa shape index (κ1) is 16.1. The van der Waals surface area contributed by atoms with E-state index in [1.165, 1.54) is 5.01 Å². The van der Waals surface area contributed by atoms with E-state index in [9.17, 15) is 5.11 Å². The molecule has 0 aromatic carbocycles. The fourth-order valence-electron chi connectivity index (χ4n) is 2.94. The zero-order valence-corrected chi connectivity index (χ0v) is 14.5. The van der Waals surface area contributed by atoms with Crippen molar-refractivity contribution in [1.82, 2.24) is 15.0 Å². The molecule has 2 aromatic rings. The number of thiazole rings is 1. The Hall–Kier alpha value is -1.73. The van der Waals surface area contributed by atoms with Crippen LogP contribution in [0.4, 0.5) is 11.6 Å².